The lowest BCUT2D eigenvalue weighted by molar-refractivity contribution is 0.0697. The van der Waals surface area contributed by atoms with Crippen molar-refractivity contribution >= 4 is 18.2 Å². The Balaban J connectivity index is 2.08. The van der Waals surface area contributed by atoms with Gasteiger partial charge in [0.15, 0.2) is 10.5 Å². The van der Waals surface area contributed by atoms with Gasteiger partial charge in [-0.25, -0.2) is 4.79 Å². The van der Waals surface area contributed by atoms with Gasteiger partial charge in [-0.2, -0.15) is 0 Å². The first kappa shape index (κ1) is 13.4. The number of carboxylic acid groups (broad SMARTS) is 1. The number of aromatic carboxylic acids is 1. The summed E-state index contributed by atoms with van der Waals surface area (Å²) in [6.07, 6.45) is 1.79. The van der Waals surface area contributed by atoms with Crippen molar-refractivity contribution in [2.24, 2.45) is 0 Å². The summed E-state index contributed by atoms with van der Waals surface area (Å²) in [4.78, 5) is 14.1. The molecule has 0 bridgehead atoms. The molecule has 0 spiro atoms. The Labute approximate surface area is 125 Å². The maximum atomic E-state index is 11.0. The molecule has 2 N–H and O–H groups in total. The Morgan fingerprint density at radius 2 is 2.14 bits per heavy atom. The van der Waals surface area contributed by atoms with Crippen LogP contribution < -0.4 is 0 Å². The summed E-state index contributed by atoms with van der Waals surface area (Å²) in [7, 11) is 0. The van der Waals surface area contributed by atoms with Gasteiger partial charge in [-0.05, 0) is 49.5 Å². The molecular weight excluding hydrogens is 288 g/mol. The normalized spacial score (nSPS) is 10.7. The predicted molar refractivity (Wildman–Crippen MR) is 80.4 cm³/mol. The zero-order valence-corrected chi connectivity index (χ0v) is 12.0. The Bertz CT molecular complexity index is 873. The second kappa shape index (κ2) is 5.06. The lowest BCUT2D eigenvalue weighted by Crippen LogP contribution is -1.99. The molecule has 1 aromatic carbocycles. The highest BCUT2D eigenvalue weighted by Crippen LogP contribution is 2.22. The van der Waals surface area contributed by atoms with Crippen molar-refractivity contribution in [3.8, 4) is 17.1 Å². The van der Waals surface area contributed by atoms with Crippen molar-refractivity contribution in [1.29, 1.82) is 0 Å². The highest BCUT2D eigenvalue weighted by molar-refractivity contribution is 7.71. The Kier molecular flexibility index (Phi) is 3.23. The van der Waals surface area contributed by atoms with E-state index in [0.717, 1.165) is 11.5 Å². The highest BCUT2D eigenvalue weighted by atomic mass is 32.1. The van der Waals surface area contributed by atoms with Crippen LogP contribution in [0.2, 0.25) is 0 Å². The third-order valence-electron chi connectivity index (χ3n) is 3.10. The van der Waals surface area contributed by atoms with Gasteiger partial charge in [-0.15, -0.1) is 0 Å². The third kappa shape index (κ3) is 2.53. The maximum absolute atomic E-state index is 11.0. The molecule has 0 saturated carbocycles. The fourth-order valence-electron chi connectivity index (χ4n) is 2.08. The number of nitrogens with zero attached hydrogens (tertiary/aromatic N) is 1. The van der Waals surface area contributed by atoms with Crippen molar-refractivity contribution in [1.82, 2.24) is 9.55 Å². The van der Waals surface area contributed by atoms with Crippen LogP contribution >= 0.6 is 12.2 Å². The van der Waals surface area contributed by atoms with E-state index in [1.54, 1.807) is 35.0 Å². The Morgan fingerprint density at radius 1 is 1.33 bits per heavy atom. The molecule has 0 saturated heterocycles. The standard InChI is InChI=1S/C15H12N2O3S/c1-9-5-6-13(20-9)12-8-17(15(21)16-12)11-4-2-3-10(7-11)14(18)19/h2-8H,1H3,(H,16,21)(H,18,19). The summed E-state index contributed by atoms with van der Waals surface area (Å²) in [5.74, 6) is 0.525. The molecule has 21 heavy (non-hydrogen) atoms. The van der Waals surface area contributed by atoms with E-state index in [1.165, 1.54) is 0 Å². The fourth-order valence-corrected chi connectivity index (χ4v) is 2.35. The van der Waals surface area contributed by atoms with E-state index >= 15 is 0 Å². The average Bonchev–Trinajstić information content (AvgIpc) is 3.05. The fraction of sp³-hybridized carbons (Fsp3) is 0.0667. The quantitative estimate of drug-likeness (QED) is 0.722. The number of nitrogens with one attached hydrogen (secondary N) is 1. The number of benzene rings is 1. The van der Waals surface area contributed by atoms with Gasteiger partial charge in [0.25, 0.3) is 0 Å². The summed E-state index contributed by atoms with van der Waals surface area (Å²) in [5, 5.41) is 9.05. The lowest BCUT2D eigenvalue weighted by atomic mass is 10.2. The van der Waals surface area contributed by atoms with E-state index in [4.69, 9.17) is 21.7 Å². The highest BCUT2D eigenvalue weighted by Gasteiger charge is 2.10. The van der Waals surface area contributed by atoms with E-state index in [1.807, 2.05) is 19.1 Å². The molecule has 0 aliphatic rings. The number of aromatic nitrogens is 2. The zero-order valence-electron chi connectivity index (χ0n) is 11.2. The average molecular weight is 300 g/mol. The second-order valence-corrected chi connectivity index (χ2v) is 5.00. The van der Waals surface area contributed by atoms with E-state index < -0.39 is 5.97 Å². The van der Waals surface area contributed by atoms with Crippen LogP contribution in [0.1, 0.15) is 16.1 Å². The molecule has 5 nitrogen and oxygen atoms in total. The van der Waals surface area contributed by atoms with Gasteiger partial charge >= 0.3 is 5.97 Å². The first-order valence-electron chi connectivity index (χ1n) is 6.27. The lowest BCUT2D eigenvalue weighted by Gasteiger charge is -2.03. The number of carbonyl (C=O) groups is 1. The maximum Gasteiger partial charge on any atom is 0.335 e. The molecule has 0 unspecified atom stereocenters. The minimum atomic E-state index is -0.971. The molecular formula is C15H12N2O3S. The molecule has 0 aliphatic heterocycles. The monoisotopic (exact) mass is 300 g/mol. The molecule has 106 valence electrons. The topological polar surface area (TPSA) is 71.2 Å². The minimum absolute atomic E-state index is 0.214. The first-order chi connectivity index (χ1) is 10.0. The van der Waals surface area contributed by atoms with Crippen LogP contribution in [0.4, 0.5) is 0 Å². The first-order valence-corrected chi connectivity index (χ1v) is 6.67. The van der Waals surface area contributed by atoms with E-state index in [2.05, 4.69) is 4.98 Å². The van der Waals surface area contributed by atoms with Crippen molar-refractivity contribution in [2.75, 3.05) is 0 Å². The number of imidazole rings is 1. The van der Waals surface area contributed by atoms with Crippen molar-refractivity contribution < 1.29 is 14.3 Å². The van der Waals surface area contributed by atoms with Crippen LogP contribution in [-0.4, -0.2) is 20.6 Å². The number of aryl methyl sites for hydroxylation is 1. The number of hydrogen-bond acceptors (Lipinski definition) is 3. The van der Waals surface area contributed by atoms with Crippen LogP contribution in [0, 0.1) is 11.7 Å². The summed E-state index contributed by atoms with van der Waals surface area (Å²) >= 11 is 5.29. The van der Waals surface area contributed by atoms with Crippen LogP contribution in [0.25, 0.3) is 17.1 Å². The molecule has 0 aliphatic carbocycles. The molecule has 2 heterocycles. The molecule has 0 atom stereocenters. The predicted octanol–water partition coefficient (Wildman–Crippen LogP) is 3.80. The number of aromatic amines is 1. The Morgan fingerprint density at radius 3 is 2.81 bits per heavy atom. The minimum Gasteiger partial charge on any atom is -0.478 e. The molecule has 2 aromatic heterocycles. The number of carboxylic acids is 1. The summed E-state index contributed by atoms with van der Waals surface area (Å²) in [6.45, 7) is 1.87. The second-order valence-electron chi connectivity index (χ2n) is 4.61. The van der Waals surface area contributed by atoms with Crippen LogP contribution in [0.15, 0.2) is 47.0 Å². The van der Waals surface area contributed by atoms with Crippen LogP contribution in [0.5, 0.6) is 0 Å². The van der Waals surface area contributed by atoms with E-state index in [-0.39, 0.29) is 5.56 Å². The zero-order chi connectivity index (χ0) is 15.0. The summed E-state index contributed by atoms with van der Waals surface area (Å²) in [6, 6.07) is 10.3. The number of furan rings is 1. The van der Waals surface area contributed by atoms with Gasteiger partial charge < -0.3 is 14.5 Å². The van der Waals surface area contributed by atoms with Gasteiger partial charge in [0.05, 0.1) is 5.56 Å². The smallest absolute Gasteiger partial charge is 0.335 e. The number of hydrogen-bond donors (Lipinski definition) is 2. The van der Waals surface area contributed by atoms with E-state index in [9.17, 15) is 4.79 Å². The largest absolute Gasteiger partial charge is 0.478 e. The van der Waals surface area contributed by atoms with Crippen molar-refractivity contribution in [3.05, 3.63) is 58.7 Å². The van der Waals surface area contributed by atoms with Crippen LogP contribution in [-0.2, 0) is 0 Å². The molecule has 0 radical (unpaired) electrons. The van der Waals surface area contributed by atoms with Gasteiger partial charge in [0, 0.05) is 11.9 Å². The van der Waals surface area contributed by atoms with Gasteiger partial charge in [0.2, 0.25) is 0 Å². The SMILES string of the molecule is Cc1ccc(-c2cn(-c3cccc(C(=O)O)c3)c(=S)[nH]2)o1. The number of rotatable bonds is 3. The molecule has 0 fully saturated rings. The van der Waals surface area contributed by atoms with Crippen LogP contribution in [0.3, 0.4) is 0 Å². The molecule has 6 heteroatoms. The summed E-state index contributed by atoms with van der Waals surface area (Å²) < 4.78 is 7.74. The van der Waals surface area contributed by atoms with Crippen molar-refractivity contribution in [3.63, 3.8) is 0 Å². The van der Waals surface area contributed by atoms with Gasteiger partial charge in [-0.1, -0.05) is 6.07 Å². The molecule has 3 aromatic rings. The van der Waals surface area contributed by atoms with E-state index in [0.29, 0.717) is 16.2 Å². The van der Waals surface area contributed by atoms with Crippen molar-refractivity contribution in [2.45, 2.75) is 6.92 Å². The summed E-state index contributed by atoms with van der Waals surface area (Å²) in [5.41, 5.74) is 1.64. The molecule has 3 rings (SSSR count). The molecule has 0 amide bonds. The third-order valence-corrected chi connectivity index (χ3v) is 3.39. The van der Waals surface area contributed by atoms with Gasteiger partial charge in [-0.3, -0.25) is 4.57 Å². The Hall–Kier alpha value is -2.60. The number of H-pyrrole nitrogens is 1. The van der Waals surface area contributed by atoms with Gasteiger partial charge in [0.1, 0.15) is 11.5 Å².